The van der Waals surface area contributed by atoms with Crippen molar-refractivity contribution in [3.05, 3.63) is 18.3 Å². The van der Waals surface area contributed by atoms with E-state index in [1.807, 2.05) is 12.1 Å². The van der Waals surface area contributed by atoms with Crippen molar-refractivity contribution in [2.45, 2.75) is 31.4 Å². The van der Waals surface area contributed by atoms with Crippen LogP contribution in [0.5, 0.6) is 5.88 Å². The molecule has 0 saturated heterocycles. The van der Waals surface area contributed by atoms with Gasteiger partial charge in [0.05, 0.1) is 31.1 Å². The monoisotopic (exact) mass is 208 g/mol. The lowest BCUT2D eigenvalue weighted by molar-refractivity contribution is 0.172. The van der Waals surface area contributed by atoms with Gasteiger partial charge in [-0.05, 0) is 25.3 Å². The second-order valence-corrected chi connectivity index (χ2v) is 3.84. The van der Waals surface area contributed by atoms with Gasteiger partial charge < -0.3 is 15.2 Å². The number of hydrogen-bond donors (Lipinski definition) is 2. The van der Waals surface area contributed by atoms with Crippen LogP contribution in [-0.4, -0.2) is 29.3 Å². The lowest BCUT2D eigenvalue weighted by Gasteiger charge is -2.17. The number of ether oxygens (including phenoxy) is 1. The van der Waals surface area contributed by atoms with Crippen LogP contribution in [0.1, 0.15) is 19.3 Å². The Balaban J connectivity index is 1.98. The van der Waals surface area contributed by atoms with Crippen LogP contribution in [0.15, 0.2) is 18.3 Å². The average Bonchev–Trinajstić information content (AvgIpc) is 2.66. The standard InChI is InChI=1S/C11H16N2O2/c1-15-11-6-5-8(7-12-11)13-9-3-2-4-10(9)14/h5-7,9-10,13-14H,2-4H2,1H3. The van der Waals surface area contributed by atoms with Gasteiger partial charge >= 0.3 is 0 Å². The zero-order valence-corrected chi connectivity index (χ0v) is 8.81. The van der Waals surface area contributed by atoms with Gasteiger partial charge in [-0.15, -0.1) is 0 Å². The van der Waals surface area contributed by atoms with Crippen LogP contribution in [-0.2, 0) is 0 Å². The maximum atomic E-state index is 9.64. The van der Waals surface area contributed by atoms with Crippen molar-refractivity contribution in [1.29, 1.82) is 0 Å². The van der Waals surface area contributed by atoms with Crippen LogP contribution in [0, 0.1) is 0 Å². The van der Waals surface area contributed by atoms with Crippen LogP contribution in [0.4, 0.5) is 5.69 Å². The van der Waals surface area contributed by atoms with Gasteiger partial charge in [0.15, 0.2) is 0 Å². The molecule has 1 aliphatic rings. The minimum Gasteiger partial charge on any atom is -0.481 e. The third-order valence-electron chi connectivity index (χ3n) is 2.78. The Morgan fingerprint density at radius 3 is 2.87 bits per heavy atom. The Morgan fingerprint density at radius 1 is 1.47 bits per heavy atom. The highest BCUT2D eigenvalue weighted by Gasteiger charge is 2.24. The molecule has 2 atom stereocenters. The average molecular weight is 208 g/mol. The summed E-state index contributed by atoms with van der Waals surface area (Å²) in [7, 11) is 1.59. The molecule has 0 bridgehead atoms. The fourth-order valence-corrected chi connectivity index (χ4v) is 1.91. The summed E-state index contributed by atoms with van der Waals surface area (Å²) in [6, 6.07) is 3.89. The Morgan fingerprint density at radius 2 is 2.33 bits per heavy atom. The predicted molar refractivity (Wildman–Crippen MR) is 58.1 cm³/mol. The summed E-state index contributed by atoms with van der Waals surface area (Å²) in [5.74, 6) is 0.604. The van der Waals surface area contributed by atoms with Gasteiger partial charge in [0, 0.05) is 6.07 Å². The number of methoxy groups -OCH3 is 1. The number of nitrogens with one attached hydrogen (secondary N) is 1. The minimum absolute atomic E-state index is 0.167. The summed E-state index contributed by atoms with van der Waals surface area (Å²) >= 11 is 0. The van der Waals surface area contributed by atoms with Crippen LogP contribution in [0.3, 0.4) is 0 Å². The molecular weight excluding hydrogens is 192 g/mol. The first kappa shape index (κ1) is 10.2. The number of rotatable bonds is 3. The van der Waals surface area contributed by atoms with Crippen molar-refractivity contribution in [2.24, 2.45) is 0 Å². The van der Waals surface area contributed by atoms with Gasteiger partial charge in [-0.25, -0.2) is 4.98 Å². The summed E-state index contributed by atoms with van der Waals surface area (Å²) in [6.07, 6.45) is 4.49. The number of pyridine rings is 1. The first-order valence-electron chi connectivity index (χ1n) is 5.24. The van der Waals surface area contributed by atoms with Gasteiger partial charge in [-0.3, -0.25) is 0 Å². The van der Waals surface area contributed by atoms with Crippen molar-refractivity contribution in [3.63, 3.8) is 0 Å². The van der Waals surface area contributed by atoms with Crippen molar-refractivity contribution in [1.82, 2.24) is 4.98 Å². The largest absolute Gasteiger partial charge is 0.481 e. The molecule has 1 heterocycles. The smallest absolute Gasteiger partial charge is 0.213 e. The van der Waals surface area contributed by atoms with Crippen molar-refractivity contribution >= 4 is 5.69 Å². The second-order valence-electron chi connectivity index (χ2n) is 3.84. The Labute approximate surface area is 89.3 Å². The normalized spacial score (nSPS) is 25.2. The number of aliphatic hydroxyl groups excluding tert-OH is 1. The molecule has 1 aromatic rings. The van der Waals surface area contributed by atoms with Crippen LogP contribution < -0.4 is 10.1 Å². The fourth-order valence-electron chi connectivity index (χ4n) is 1.91. The fraction of sp³-hybridized carbons (Fsp3) is 0.545. The van der Waals surface area contributed by atoms with Crippen LogP contribution >= 0.6 is 0 Å². The van der Waals surface area contributed by atoms with E-state index in [1.54, 1.807) is 13.3 Å². The summed E-state index contributed by atoms with van der Waals surface area (Å²) in [4.78, 5) is 4.10. The molecule has 0 radical (unpaired) electrons. The highest BCUT2D eigenvalue weighted by Crippen LogP contribution is 2.23. The van der Waals surface area contributed by atoms with E-state index >= 15 is 0 Å². The molecule has 1 aromatic heterocycles. The van der Waals surface area contributed by atoms with E-state index in [0.717, 1.165) is 24.9 Å². The van der Waals surface area contributed by atoms with Crippen LogP contribution in [0.25, 0.3) is 0 Å². The molecule has 82 valence electrons. The molecule has 4 heteroatoms. The summed E-state index contributed by atoms with van der Waals surface area (Å²) < 4.78 is 4.97. The van der Waals surface area contributed by atoms with Crippen LogP contribution in [0.2, 0.25) is 0 Å². The Bertz CT molecular complexity index is 313. The summed E-state index contributed by atoms with van der Waals surface area (Å²) in [5, 5.41) is 12.9. The maximum absolute atomic E-state index is 9.64. The molecule has 0 aliphatic heterocycles. The second kappa shape index (κ2) is 4.49. The zero-order valence-electron chi connectivity index (χ0n) is 8.81. The van der Waals surface area contributed by atoms with E-state index in [4.69, 9.17) is 4.74 Å². The van der Waals surface area contributed by atoms with Gasteiger partial charge in [-0.2, -0.15) is 0 Å². The molecule has 1 fully saturated rings. The number of hydrogen-bond acceptors (Lipinski definition) is 4. The third-order valence-corrected chi connectivity index (χ3v) is 2.78. The number of aliphatic hydroxyl groups is 1. The van der Waals surface area contributed by atoms with E-state index in [9.17, 15) is 5.11 Å². The maximum Gasteiger partial charge on any atom is 0.213 e. The molecule has 4 nitrogen and oxygen atoms in total. The molecule has 1 saturated carbocycles. The van der Waals surface area contributed by atoms with E-state index in [1.165, 1.54) is 0 Å². The van der Waals surface area contributed by atoms with Crippen molar-refractivity contribution in [3.8, 4) is 5.88 Å². The minimum atomic E-state index is -0.230. The lowest BCUT2D eigenvalue weighted by atomic mass is 10.2. The molecular formula is C11H16N2O2. The summed E-state index contributed by atoms with van der Waals surface area (Å²) in [5.41, 5.74) is 0.932. The lowest BCUT2D eigenvalue weighted by Crippen LogP contribution is -2.27. The van der Waals surface area contributed by atoms with Crippen molar-refractivity contribution in [2.75, 3.05) is 12.4 Å². The van der Waals surface area contributed by atoms with Gasteiger partial charge in [0.25, 0.3) is 0 Å². The van der Waals surface area contributed by atoms with E-state index in [2.05, 4.69) is 10.3 Å². The molecule has 15 heavy (non-hydrogen) atoms. The topological polar surface area (TPSA) is 54.4 Å². The summed E-state index contributed by atoms with van der Waals surface area (Å²) in [6.45, 7) is 0. The number of nitrogens with zero attached hydrogens (tertiary/aromatic N) is 1. The van der Waals surface area contributed by atoms with Gasteiger partial charge in [0.2, 0.25) is 5.88 Å². The Hall–Kier alpha value is -1.29. The molecule has 1 aliphatic carbocycles. The molecule has 0 spiro atoms. The SMILES string of the molecule is COc1ccc(NC2CCCC2O)cn1. The van der Waals surface area contributed by atoms with E-state index in [0.29, 0.717) is 5.88 Å². The van der Waals surface area contributed by atoms with E-state index in [-0.39, 0.29) is 12.1 Å². The quantitative estimate of drug-likeness (QED) is 0.788. The molecule has 2 unspecified atom stereocenters. The highest BCUT2D eigenvalue weighted by atomic mass is 16.5. The molecule has 0 amide bonds. The molecule has 2 N–H and O–H groups in total. The predicted octanol–water partition coefficient (Wildman–Crippen LogP) is 1.42. The molecule has 2 rings (SSSR count). The molecule has 0 aromatic carbocycles. The third kappa shape index (κ3) is 2.39. The highest BCUT2D eigenvalue weighted by molar-refractivity contribution is 5.43. The van der Waals surface area contributed by atoms with Gasteiger partial charge in [0.1, 0.15) is 0 Å². The van der Waals surface area contributed by atoms with Gasteiger partial charge in [-0.1, -0.05) is 0 Å². The zero-order chi connectivity index (χ0) is 10.7. The number of anilines is 1. The first-order valence-corrected chi connectivity index (χ1v) is 5.24. The van der Waals surface area contributed by atoms with Crippen molar-refractivity contribution < 1.29 is 9.84 Å². The first-order chi connectivity index (χ1) is 7.29. The number of aromatic nitrogens is 1. The Kier molecular flexibility index (Phi) is 3.06. The van der Waals surface area contributed by atoms with E-state index < -0.39 is 0 Å².